The molecule has 2 aromatic heterocycles. The summed E-state index contributed by atoms with van der Waals surface area (Å²) in [6, 6.07) is 9.18. The zero-order valence-corrected chi connectivity index (χ0v) is 16.7. The molecule has 0 saturated carbocycles. The van der Waals surface area contributed by atoms with Gasteiger partial charge in [0.05, 0.1) is 12.2 Å². The minimum absolute atomic E-state index is 0.181. The first-order chi connectivity index (χ1) is 13.6. The van der Waals surface area contributed by atoms with Crippen molar-refractivity contribution in [3.63, 3.8) is 0 Å². The van der Waals surface area contributed by atoms with Crippen molar-refractivity contribution in [2.75, 3.05) is 43.5 Å². The largest absolute Gasteiger partial charge is 0.363 e. The summed E-state index contributed by atoms with van der Waals surface area (Å²) in [6.07, 6.45) is 2.52. The van der Waals surface area contributed by atoms with Crippen LogP contribution in [-0.4, -0.2) is 55.7 Å². The van der Waals surface area contributed by atoms with Crippen LogP contribution in [0.1, 0.15) is 19.0 Å². The number of anilines is 2. The van der Waals surface area contributed by atoms with E-state index >= 15 is 0 Å². The molecule has 1 fully saturated rings. The van der Waals surface area contributed by atoms with Gasteiger partial charge in [-0.1, -0.05) is 6.07 Å². The SMILES string of the molecule is CCNC(=NCc1cccc(N(C)C)n1)NC1CCN(c2ncccc2F)C1. The zero-order valence-electron chi connectivity index (χ0n) is 16.7. The molecule has 2 aromatic rings. The molecule has 1 atom stereocenters. The third-order valence-electron chi connectivity index (χ3n) is 4.56. The highest BCUT2D eigenvalue weighted by atomic mass is 19.1. The highest BCUT2D eigenvalue weighted by molar-refractivity contribution is 5.80. The molecule has 3 heterocycles. The number of guanidine groups is 1. The van der Waals surface area contributed by atoms with Gasteiger partial charge in [-0.15, -0.1) is 0 Å². The number of aromatic nitrogens is 2. The topological polar surface area (TPSA) is 68.7 Å². The minimum Gasteiger partial charge on any atom is -0.363 e. The molecule has 8 heteroatoms. The summed E-state index contributed by atoms with van der Waals surface area (Å²) < 4.78 is 14.0. The maximum atomic E-state index is 14.0. The summed E-state index contributed by atoms with van der Waals surface area (Å²) in [6.45, 7) is 4.74. The number of rotatable bonds is 6. The average Bonchev–Trinajstić information content (AvgIpc) is 3.15. The van der Waals surface area contributed by atoms with Crippen molar-refractivity contribution in [1.82, 2.24) is 20.6 Å². The quantitative estimate of drug-likeness (QED) is 0.586. The molecule has 2 N–H and O–H groups in total. The molecule has 0 bridgehead atoms. The molecule has 0 amide bonds. The Morgan fingerprint density at radius 2 is 2.18 bits per heavy atom. The second-order valence-corrected chi connectivity index (χ2v) is 6.96. The monoisotopic (exact) mass is 385 g/mol. The Morgan fingerprint density at radius 3 is 2.93 bits per heavy atom. The van der Waals surface area contributed by atoms with Gasteiger partial charge in [0.25, 0.3) is 0 Å². The van der Waals surface area contributed by atoms with E-state index in [0.717, 1.165) is 37.0 Å². The molecule has 3 rings (SSSR count). The maximum absolute atomic E-state index is 14.0. The molecule has 1 unspecified atom stereocenters. The van der Waals surface area contributed by atoms with Gasteiger partial charge in [0, 0.05) is 46.0 Å². The number of nitrogens with one attached hydrogen (secondary N) is 2. The van der Waals surface area contributed by atoms with Crippen LogP contribution in [0.2, 0.25) is 0 Å². The van der Waals surface area contributed by atoms with Gasteiger partial charge in [-0.2, -0.15) is 0 Å². The summed E-state index contributed by atoms with van der Waals surface area (Å²) in [7, 11) is 3.94. The Labute approximate surface area is 165 Å². The number of nitrogens with zero attached hydrogens (tertiary/aromatic N) is 5. The first-order valence-electron chi connectivity index (χ1n) is 9.60. The number of halogens is 1. The molecule has 0 aromatic carbocycles. The van der Waals surface area contributed by atoms with E-state index in [2.05, 4.69) is 25.6 Å². The Morgan fingerprint density at radius 1 is 1.32 bits per heavy atom. The first kappa shape index (κ1) is 19.9. The lowest BCUT2D eigenvalue weighted by Crippen LogP contribution is -2.44. The fourth-order valence-corrected chi connectivity index (χ4v) is 3.16. The van der Waals surface area contributed by atoms with E-state index in [4.69, 9.17) is 0 Å². The molecular formula is C20H28FN7. The zero-order chi connectivity index (χ0) is 19.9. The standard InChI is InChI=1S/C20H28FN7/c1-4-22-20(24-13-15-7-5-9-18(25-15)27(2)3)26-16-10-12-28(14-16)19-17(21)8-6-11-23-19/h5-9,11,16H,4,10,12-14H2,1-3H3,(H2,22,24,26). The predicted octanol–water partition coefficient (Wildman–Crippen LogP) is 2.02. The van der Waals surface area contributed by atoms with Crippen molar-refractivity contribution in [3.8, 4) is 0 Å². The number of aliphatic imine (C=N–C) groups is 1. The van der Waals surface area contributed by atoms with Crippen LogP contribution in [0.5, 0.6) is 0 Å². The first-order valence-corrected chi connectivity index (χ1v) is 9.60. The van der Waals surface area contributed by atoms with Crippen LogP contribution in [0.4, 0.5) is 16.0 Å². The van der Waals surface area contributed by atoms with E-state index < -0.39 is 0 Å². The highest BCUT2D eigenvalue weighted by Crippen LogP contribution is 2.20. The van der Waals surface area contributed by atoms with Crippen LogP contribution in [-0.2, 0) is 6.54 Å². The van der Waals surface area contributed by atoms with Crippen LogP contribution >= 0.6 is 0 Å². The smallest absolute Gasteiger partial charge is 0.191 e. The maximum Gasteiger partial charge on any atom is 0.191 e. The van der Waals surface area contributed by atoms with Gasteiger partial charge >= 0.3 is 0 Å². The van der Waals surface area contributed by atoms with E-state index in [1.165, 1.54) is 6.07 Å². The van der Waals surface area contributed by atoms with Crippen molar-refractivity contribution in [2.45, 2.75) is 25.9 Å². The van der Waals surface area contributed by atoms with Crippen molar-refractivity contribution in [3.05, 3.63) is 48.0 Å². The van der Waals surface area contributed by atoms with Gasteiger partial charge in [0.2, 0.25) is 0 Å². The van der Waals surface area contributed by atoms with Gasteiger partial charge < -0.3 is 20.4 Å². The molecule has 150 valence electrons. The Hall–Kier alpha value is -2.90. The van der Waals surface area contributed by atoms with Crippen molar-refractivity contribution < 1.29 is 4.39 Å². The lowest BCUT2D eigenvalue weighted by Gasteiger charge is -2.20. The summed E-state index contributed by atoms with van der Waals surface area (Å²) in [5.74, 6) is 1.79. The molecule has 1 aliphatic heterocycles. The number of hydrogen-bond donors (Lipinski definition) is 2. The molecule has 0 spiro atoms. The number of pyridine rings is 2. The lowest BCUT2D eigenvalue weighted by atomic mass is 10.3. The van der Waals surface area contributed by atoms with Gasteiger partial charge in [0.15, 0.2) is 17.6 Å². The fraction of sp³-hybridized carbons (Fsp3) is 0.450. The average molecular weight is 385 g/mol. The Kier molecular flexibility index (Phi) is 6.62. The molecule has 28 heavy (non-hydrogen) atoms. The molecule has 7 nitrogen and oxygen atoms in total. The molecule has 0 radical (unpaired) electrons. The van der Waals surface area contributed by atoms with Crippen LogP contribution in [0.15, 0.2) is 41.5 Å². The predicted molar refractivity (Wildman–Crippen MR) is 111 cm³/mol. The lowest BCUT2D eigenvalue weighted by molar-refractivity contribution is 0.612. The van der Waals surface area contributed by atoms with Gasteiger partial charge in [0.1, 0.15) is 5.82 Å². The number of hydrogen-bond acceptors (Lipinski definition) is 5. The van der Waals surface area contributed by atoms with Crippen LogP contribution in [0.3, 0.4) is 0 Å². The van der Waals surface area contributed by atoms with E-state index in [1.54, 1.807) is 12.3 Å². The molecular weight excluding hydrogens is 357 g/mol. The third-order valence-corrected chi connectivity index (χ3v) is 4.56. The molecule has 1 aliphatic rings. The molecule has 1 saturated heterocycles. The van der Waals surface area contributed by atoms with E-state index in [9.17, 15) is 4.39 Å². The normalized spacial score (nSPS) is 16.9. The van der Waals surface area contributed by atoms with E-state index in [1.807, 2.05) is 49.0 Å². The third kappa shape index (κ3) is 5.09. The van der Waals surface area contributed by atoms with E-state index in [0.29, 0.717) is 18.9 Å². The van der Waals surface area contributed by atoms with Gasteiger partial charge in [-0.3, -0.25) is 0 Å². The summed E-state index contributed by atoms with van der Waals surface area (Å²) in [5.41, 5.74) is 0.909. The van der Waals surface area contributed by atoms with Crippen molar-refractivity contribution in [1.29, 1.82) is 0 Å². The van der Waals surface area contributed by atoms with Crippen molar-refractivity contribution >= 4 is 17.6 Å². The molecule has 0 aliphatic carbocycles. The highest BCUT2D eigenvalue weighted by Gasteiger charge is 2.25. The van der Waals surface area contributed by atoms with E-state index in [-0.39, 0.29) is 11.9 Å². The fourth-order valence-electron chi connectivity index (χ4n) is 3.16. The second kappa shape index (κ2) is 9.34. The van der Waals surface area contributed by atoms with Crippen LogP contribution in [0, 0.1) is 5.82 Å². The van der Waals surface area contributed by atoms with Crippen molar-refractivity contribution in [2.24, 2.45) is 4.99 Å². The summed E-state index contributed by atoms with van der Waals surface area (Å²) in [5, 5.41) is 6.73. The Bertz CT molecular complexity index is 809. The summed E-state index contributed by atoms with van der Waals surface area (Å²) in [4.78, 5) is 17.4. The minimum atomic E-state index is -0.282. The van der Waals surface area contributed by atoms with Gasteiger partial charge in [-0.05, 0) is 37.6 Å². The second-order valence-electron chi connectivity index (χ2n) is 6.96. The Balaban J connectivity index is 1.62. The van der Waals surface area contributed by atoms with Crippen LogP contribution < -0.4 is 20.4 Å². The summed E-state index contributed by atoms with van der Waals surface area (Å²) >= 11 is 0. The van der Waals surface area contributed by atoms with Crippen LogP contribution in [0.25, 0.3) is 0 Å². The van der Waals surface area contributed by atoms with Gasteiger partial charge in [-0.25, -0.2) is 19.4 Å².